The molecule has 20 heavy (non-hydrogen) atoms. The molecule has 0 bridgehead atoms. The number of sulfonamides is 1. The second-order valence-electron chi connectivity index (χ2n) is 3.68. The molecule has 0 saturated heterocycles. The zero-order chi connectivity index (χ0) is 14.9. The predicted molar refractivity (Wildman–Crippen MR) is 75.9 cm³/mol. The van der Waals surface area contributed by atoms with Crippen molar-refractivity contribution in [1.29, 1.82) is 0 Å². The maximum atomic E-state index is 12.2. The monoisotopic (exact) mass is 335 g/mol. The summed E-state index contributed by atoms with van der Waals surface area (Å²) in [6.45, 7) is 0. The van der Waals surface area contributed by atoms with Gasteiger partial charge in [0.2, 0.25) is 0 Å². The average molecular weight is 336 g/mol. The first-order chi connectivity index (χ1) is 9.35. The Bertz CT molecular complexity index is 764. The molecule has 2 heterocycles. The van der Waals surface area contributed by atoms with E-state index in [0.717, 1.165) is 11.3 Å². The third kappa shape index (κ3) is 2.71. The van der Waals surface area contributed by atoms with E-state index in [4.69, 9.17) is 22.5 Å². The van der Waals surface area contributed by atoms with Crippen LogP contribution in [0.4, 0.5) is 5.82 Å². The van der Waals surface area contributed by atoms with Gasteiger partial charge < -0.3 is 10.9 Å². The highest BCUT2D eigenvalue weighted by Gasteiger charge is 2.22. The number of nitrogens with one attached hydrogen (secondary N) is 1. The van der Waals surface area contributed by atoms with Crippen molar-refractivity contribution < 1.29 is 13.6 Å². The number of thiophene rings is 1. The minimum atomic E-state index is -3.82. The van der Waals surface area contributed by atoms with E-state index in [0.29, 0.717) is 4.34 Å². The molecule has 0 fully saturated rings. The lowest BCUT2D eigenvalue weighted by Crippen LogP contribution is -2.19. The lowest BCUT2D eigenvalue weighted by Gasteiger charge is -2.08. The van der Waals surface area contributed by atoms with Gasteiger partial charge in [-0.1, -0.05) is 16.8 Å². The molecule has 0 aromatic carbocycles. The Morgan fingerprint density at radius 1 is 1.60 bits per heavy atom. The molecule has 0 spiro atoms. The Morgan fingerprint density at radius 3 is 2.85 bits per heavy atom. The highest BCUT2D eigenvalue weighted by Crippen LogP contribution is 2.27. The second-order valence-corrected chi connectivity index (χ2v) is 7.30. The number of oxime groups is 1. The fourth-order valence-corrected chi connectivity index (χ4v) is 4.01. The first kappa shape index (κ1) is 14.6. The van der Waals surface area contributed by atoms with Gasteiger partial charge in [0.05, 0.1) is 16.1 Å². The van der Waals surface area contributed by atoms with Crippen molar-refractivity contribution in [2.75, 3.05) is 4.72 Å². The van der Waals surface area contributed by atoms with Gasteiger partial charge in [0, 0.05) is 7.05 Å². The topological polar surface area (TPSA) is 123 Å². The lowest BCUT2D eigenvalue weighted by molar-refractivity contribution is 0.318. The van der Waals surface area contributed by atoms with E-state index < -0.39 is 10.0 Å². The van der Waals surface area contributed by atoms with E-state index in [1.165, 1.54) is 30.1 Å². The molecule has 0 amide bonds. The Labute approximate surface area is 123 Å². The summed E-state index contributed by atoms with van der Waals surface area (Å²) in [7, 11) is -2.30. The number of hydrogen-bond acceptors (Lipinski definition) is 6. The molecule has 0 aliphatic rings. The Hall–Kier alpha value is -1.78. The van der Waals surface area contributed by atoms with Gasteiger partial charge in [0.15, 0.2) is 5.84 Å². The zero-order valence-corrected chi connectivity index (χ0v) is 12.5. The fraction of sp³-hybridized carbons (Fsp3) is 0.111. The van der Waals surface area contributed by atoms with Crippen LogP contribution in [-0.2, 0) is 17.1 Å². The van der Waals surface area contributed by atoms with Crippen molar-refractivity contribution in [3.8, 4) is 0 Å². The highest BCUT2D eigenvalue weighted by molar-refractivity contribution is 7.94. The summed E-state index contributed by atoms with van der Waals surface area (Å²) in [5.41, 5.74) is 5.63. The number of aryl methyl sites for hydroxylation is 1. The lowest BCUT2D eigenvalue weighted by atomic mass is 10.3. The first-order valence-electron chi connectivity index (χ1n) is 5.13. The summed E-state index contributed by atoms with van der Waals surface area (Å²) in [5, 5.41) is 15.4. The van der Waals surface area contributed by atoms with Gasteiger partial charge in [-0.2, -0.15) is 5.10 Å². The molecule has 0 radical (unpaired) electrons. The second kappa shape index (κ2) is 5.31. The summed E-state index contributed by atoms with van der Waals surface area (Å²) >= 11 is 6.64. The minimum Gasteiger partial charge on any atom is -0.409 e. The van der Waals surface area contributed by atoms with Crippen LogP contribution in [0.3, 0.4) is 0 Å². The van der Waals surface area contributed by atoms with Crippen LogP contribution in [0.1, 0.15) is 5.56 Å². The summed E-state index contributed by atoms with van der Waals surface area (Å²) in [4.78, 5) is 0. The number of hydrogen-bond donors (Lipinski definition) is 3. The molecule has 2 aromatic rings. The van der Waals surface area contributed by atoms with Crippen LogP contribution < -0.4 is 10.5 Å². The van der Waals surface area contributed by atoms with Gasteiger partial charge in [-0.05, 0) is 12.1 Å². The van der Waals surface area contributed by atoms with Crippen molar-refractivity contribution in [2.45, 2.75) is 4.21 Å². The van der Waals surface area contributed by atoms with E-state index in [1.807, 2.05) is 0 Å². The zero-order valence-electron chi connectivity index (χ0n) is 10.1. The molecule has 8 nitrogen and oxygen atoms in total. The van der Waals surface area contributed by atoms with E-state index >= 15 is 0 Å². The van der Waals surface area contributed by atoms with Crippen molar-refractivity contribution in [3.05, 3.63) is 28.2 Å². The van der Waals surface area contributed by atoms with E-state index in [9.17, 15) is 8.42 Å². The van der Waals surface area contributed by atoms with Gasteiger partial charge >= 0.3 is 0 Å². The molecular formula is C9H10ClN5O3S2. The molecule has 2 rings (SSSR count). The number of nitrogens with zero attached hydrogens (tertiary/aromatic N) is 3. The molecule has 0 atom stereocenters. The third-order valence-electron chi connectivity index (χ3n) is 2.37. The average Bonchev–Trinajstić information content (AvgIpc) is 2.97. The van der Waals surface area contributed by atoms with Crippen LogP contribution in [-0.4, -0.2) is 29.2 Å². The number of nitrogens with two attached hydrogens (primary N) is 1. The standard InChI is InChI=1S/C9H10ClN5O3S2/c1-15-9(5(4-12-15)8(11)13-16)14-20(17,18)7-3-2-6(10)19-7/h2-4,14,16H,1H3,(H2,11,13). The molecule has 0 saturated carbocycles. The first-order valence-corrected chi connectivity index (χ1v) is 7.81. The van der Waals surface area contributed by atoms with Gasteiger partial charge in [-0.15, -0.1) is 11.3 Å². The van der Waals surface area contributed by atoms with Crippen LogP contribution in [0.2, 0.25) is 4.34 Å². The summed E-state index contributed by atoms with van der Waals surface area (Å²) in [5.74, 6) is -0.162. The number of anilines is 1. The third-order valence-corrected chi connectivity index (χ3v) is 5.43. The Balaban J connectivity index is 2.42. The van der Waals surface area contributed by atoms with Gasteiger partial charge in [-0.3, -0.25) is 9.40 Å². The van der Waals surface area contributed by atoms with Crippen LogP contribution >= 0.6 is 22.9 Å². The summed E-state index contributed by atoms with van der Waals surface area (Å²) < 4.78 is 28.4. The number of aromatic nitrogens is 2. The quantitative estimate of drug-likeness (QED) is 0.333. The molecule has 0 unspecified atom stereocenters. The smallest absolute Gasteiger partial charge is 0.272 e. The van der Waals surface area contributed by atoms with E-state index in [2.05, 4.69) is 15.0 Å². The maximum absolute atomic E-state index is 12.2. The Morgan fingerprint density at radius 2 is 2.30 bits per heavy atom. The minimum absolute atomic E-state index is 0.0501. The van der Waals surface area contributed by atoms with Gasteiger partial charge in [-0.25, -0.2) is 8.42 Å². The van der Waals surface area contributed by atoms with Crippen molar-refractivity contribution >= 4 is 44.6 Å². The van der Waals surface area contributed by atoms with Gasteiger partial charge in [0.1, 0.15) is 10.0 Å². The van der Waals surface area contributed by atoms with Crippen molar-refractivity contribution in [1.82, 2.24) is 9.78 Å². The van der Waals surface area contributed by atoms with Crippen molar-refractivity contribution in [3.63, 3.8) is 0 Å². The van der Waals surface area contributed by atoms with Crippen LogP contribution in [0.15, 0.2) is 27.7 Å². The summed E-state index contributed by atoms with van der Waals surface area (Å²) in [6, 6.07) is 2.86. The van der Waals surface area contributed by atoms with E-state index in [1.54, 1.807) is 0 Å². The number of amidine groups is 1. The van der Waals surface area contributed by atoms with Crippen molar-refractivity contribution in [2.24, 2.45) is 17.9 Å². The predicted octanol–water partition coefficient (Wildman–Crippen LogP) is 1.03. The number of halogens is 1. The summed E-state index contributed by atoms with van der Waals surface area (Å²) in [6.07, 6.45) is 1.29. The highest BCUT2D eigenvalue weighted by atomic mass is 35.5. The molecular weight excluding hydrogens is 326 g/mol. The van der Waals surface area contributed by atoms with Crippen LogP contribution in [0.5, 0.6) is 0 Å². The van der Waals surface area contributed by atoms with Crippen LogP contribution in [0.25, 0.3) is 0 Å². The molecule has 0 aliphatic carbocycles. The van der Waals surface area contributed by atoms with Crippen LogP contribution in [0, 0.1) is 0 Å². The van der Waals surface area contributed by atoms with E-state index in [-0.39, 0.29) is 21.4 Å². The maximum Gasteiger partial charge on any atom is 0.272 e. The number of rotatable bonds is 4. The molecule has 108 valence electrons. The fourth-order valence-electron chi connectivity index (χ4n) is 1.42. The largest absolute Gasteiger partial charge is 0.409 e. The molecule has 0 aliphatic heterocycles. The molecule has 4 N–H and O–H groups in total. The normalized spacial score (nSPS) is 12.6. The van der Waals surface area contributed by atoms with Gasteiger partial charge in [0.25, 0.3) is 10.0 Å². The SMILES string of the molecule is Cn1ncc(C(N)=NO)c1NS(=O)(=O)c1ccc(Cl)s1. The molecule has 11 heteroatoms. The Kier molecular flexibility index (Phi) is 3.88. The molecule has 2 aromatic heterocycles.